The van der Waals surface area contributed by atoms with Crippen LogP contribution in [-0.2, 0) is 4.79 Å². The smallest absolute Gasteiger partial charge is 0.238 e. The van der Waals surface area contributed by atoms with Gasteiger partial charge in [-0.05, 0) is 36.5 Å². The van der Waals surface area contributed by atoms with Gasteiger partial charge >= 0.3 is 0 Å². The fourth-order valence-electron chi connectivity index (χ4n) is 2.47. The van der Waals surface area contributed by atoms with Crippen molar-refractivity contribution in [2.45, 2.75) is 18.9 Å². The predicted octanol–water partition coefficient (Wildman–Crippen LogP) is 1.88. The number of nitrogens with one attached hydrogen (secondary N) is 2. The van der Waals surface area contributed by atoms with Crippen molar-refractivity contribution in [3.05, 3.63) is 18.2 Å². The summed E-state index contributed by atoms with van der Waals surface area (Å²) in [6.07, 6.45) is 2.28. The highest BCUT2D eigenvalue weighted by molar-refractivity contribution is 7.99. The Morgan fingerprint density at radius 1 is 1.19 bits per heavy atom. The number of thioether (sulfide) groups is 1. The van der Waals surface area contributed by atoms with Crippen molar-refractivity contribution in [2.24, 2.45) is 0 Å². The molecule has 2 N–H and O–H groups in total. The van der Waals surface area contributed by atoms with Gasteiger partial charge in [0.2, 0.25) is 5.91 Å². The summed E-state index contributed by atoms with van der Waals surface area (Å²) in [4.78, 5) is 12.0. The Balaban J connectivity index is 1.50. The minimum absolute atomic E-state index is 0.0232. The highest BCUT2D eigenvalue weighted by atomic mass is 32.2. The summed E-state index contributed by atoms with van der Waals surface area (Å²) in [6.45, 7) is 1.47. The second kappa shape index (κ2) is 7.04. The summed E-state index contributed by atoms with van der Waals surface area (Å²) in [7, 11) is 0. The van der Waals surface area contributed by atoms with E-state index in [1.807, 2.05) is 30.0 Å². The van der Waals surface area contributed by atoms with Gasteiger partial charge in [0.25, 0.3) is 0 Å². The molecular formula is C15H20N2O3S. The molecule has 6 heteroatoms. The molecule has 1 saturated heterocycles. The van der Waals surface area contributed by atoms with E-state index in [1.54, 1.807) is 0 Å². The minimum atomic E-state index is -0.0232. The monoisotopic (exact) mass is 308 g/mol. The first-order chi connectivity index (χ1) is 10.3. The van der Waals surface area contributed by atoms with Crippen molar-refractivity contribution in [2.75, 3.05) is 36.6 Å². The van der Waals surface area contributed by atoms with Crippen molar-refractivity contribution < 1.29 is 14.3 Å². The van der Waals surface area contributed by atoms with Crippen LogP contribution in [0.2, 0.25) is 0 Å². The normalized spacial score (nSPS) is 18.3. The van der Waals surface area contributed by atoms with Crippen LogP contribution >= 0.6 is 11.8 Å². The van der Waals surface area contributed by atoms with Gasteiger partial charge in [-0.15, -0.1) is 0 Å². The molecule has 0 aliphatic carbocycles. The van der Waals surface area contributed by atoms with Crippen molar-refractivity contribution >= 4 is 23.4 Å². The Morgan fingerprint density at radius 2 is 1.95 bits per heavy atom. The first-order valence-electron chi connectivity index (χ1n) is 7.32. The Hall–Kier alpha value is -1.40. The van der Waals surface area contributed by atoms with Gasteiger partial charge in [0.05, 0.1) is 6.54 Å². The van der Waals surface area contributed by atoms with Crippen LogP contribution in [0.25, 0.3) is 0 Å². The van der Waals surface area contributed by atoms with Gasteiger partial charge in [0.1, 0.15) is 13.2 Å². The van der Waals surface area contributed by atoms with Crippen LogP contribution in [0, 0.1) is 0 Å². The van der Waals surface area contributed by atoms with Gasteiger partial charge in [-0.3, -0.25) is 4.79 Å². The van der Waals surface area contributed by atoms with E-state index < -0.39 is 0 Å². The second-order valence-corrected chi connectivity index (χ2v) is 6.40. The third kappa shape index (κ3) is 4.04. The highest BCUT2D eigenvalue weighted by Gasteiger charge is 2.15. The summed E-state index contributed by atoms with van der Waals surface area (Å²) in [5.74, 6) is 3.77. The quantitative estimate of drug-likeness (QED) is 0.889. The summed E-state index contributed by atoms with van der Waals surface area (Å²) in [6, 6.07) is 5.94. The summed E-state index contributed by atoms with van der Waals surface area (Å²) in [5, 5.41) is 6.21. The molecule has 0 unspecified atom stereocenters. The van der Waals surface area contributed by atoms with Crippen LogP contribution in [0.5, 0.6) is 11.5 Å². The van der Waals surface area contributed by atoms with Gasteiger partial charge in [-0.2, -0.15) is 11.8 Å². The van der Waals surface area contributed by atoms with Crippen LogP contribution in [0.1, 0.15) is 12.8 Å². The molecule has 1 aromatic rings. The fourth-order valence-corrected chi connectivity index (χ4v) is 3.57. The van der Waals surface area contributed by atoms with E-state index >= 15 is 0 Å². The standard InChI is InChI=1S/C15H20N2O3S/c18-15(10-16-11-3-7-21-8-4-11)17-12-1-2-13-14(9-12)20-6-5-19-13/h1-2,9,11,16H,3-8,10H2,(H,17,18). The van der Waals surface area contributed by atoms with Gasteiger partial charge in [0.15, 0.2) is 11.5 Å². The molecule has 0 aromatic heterocycles. The van der Waals surface area contributed by atoms with Gasteiger partial charge in [-0.25, -0.2) is 0 Å². The van der Waals surface area contributed by atoms with Crippen molar-refractivity contribution in [1.82, 2.24) is 5.32 Å². The largest absolute Gasteiger partial charge is 0.486 e. The van der Waals surface area contributed by atoms with Crippen molar-refractivity contribution in [3.8, 4) is 11.5 Å². The maximum Gasteiger partial charge on any atom is 0.238 e. The number of amides is 1. The Kier molecular flexibility index (Phi) is 4.87. The van der Waals surface area contributed by atoms with Crippen LogP contribution in [0.15, 0.2) is 18.2 Å². The highest BCUT2D eigenvalue weighted by Crippen LogP contribution is 2.32. The molecule has 5 nitrogen and oxygen atoms in total. The number of carbonyl (C=O) groups is 1. The third-order valence-corrected chi connectivity index (χ3v) is 4.65. The van der Waals surface area contributed by atoms with Gasteiger partial charge in [-0.1, -0.05) is 0 Å². The van der Waals surface area contributed by atoms with Crippen LogP contribution < -0.4 is 20.1 Å². The molecule has 0 spiro atoms. The van der Waals surface area contributed by atoms with E-state index in [4.69, 9.17) is 9.47 Å². The maximum absolute atomic E-state index is 12.0. The van der Waals surface area contributed by atoms with Crippen molar-refractivity contribution in [1.29, 1.82) is 0 Å². The molecule has 0 radical (unpaired) electrons. The van der Waals surface area contributed by atoms with E-state index in [-0.39, 0.29) is 5.91 Å². The summed E-state index contributed by atoms with van der Waals surface area (Å²) >= 11 is 1.98. The lowest BCUT2D eigenvalue weighted by Gasteiger charge is -2.22. The summed E-state index contributed by atoms with van der Waals surface area (Å²) in [5.41, 5.74) is 0.741. The molecule has 1 amide bonds. The molecular weight excluding hydrogens is 288 g/mol. The molecule has 1 aromatic carbocycles. The third-order valence-electron chi connectivity index (χ3n) is 3.60. The number of rotatable bonds is 4. The number of anilines is 1. The topological polar surface area (TPSA) is 59.6 Å². The number of ether oxygens (including phenoxy) is 2. The minimum Gasteiger partial charge on any atom is -0.486 e. The molecule has 2 heterocycles. The lowest BCUT2D eigenvalue weighted by molar-refractivity contribution is -0.115. The van der Waals surface area contributed by atoms with E-state index in [0.29, 0.717) is 31.5 Å². The maximum atomic E-state index is 12.0. The molecule has 114 valence electrons. The number of hydrogen-bond donors (Lipinski definition) is 2. The molecule has 2 aliphatic rings. The predicted molar refractivity (Wildman–Crippen MR) is 84.4 cm³/mol. The molecule has 21 heavy (non-hydrogen) atoms. The zero-order valence-electron chi connectivity index (χ0n) is 11.9. The SMILES string of the molecule is O=C(CNC1CCSCC1)Nc1ccc2c(c1)OCCO2. The lowest BCUT2D eigenvalue weighted by atomic mass is 10.1. The van der Waals surface area contributed by atoms with Crippen LogP contribution in [0.4, 0.5) is 5.69 Å². The average Bonchev–Trinajstić information content (AvgIpc) is 2.54. The zero-order valence-corrected chi connectivity index (χ0v) is 12.7. The Morgan fingerprint density at radius 3 is 2.76 bits per heavy atom. The first kappa shape index (κ1) is 14.5. The molecule has 0 atom stereocenters. The van der Waals surface area contributed by atoms with E-state index in [2.05, 4.69) is 10.6 Å². The van der Waals surface area contributed by atoms with E-state index in [1.165, 1.54) is 11.5 Å². The van der Waals surface area contributed by atoms with Gasteiger partial charge in [0, 0.05) is 17.8 Å². The Bertz CT molecular complexity index is 504. The number of fused-ring (bicyclic) bond motifs is 1. The number of carbonyl (C=O) groups excluding carboxylic acids is 1. The van der Waals surface area contributed by atoms with E-state index in [9.17, 15) is 4.79 Å². The van der Waals surface area contributed by atoms with E-state index in [0.717, 1.165) is 24.3 Å². The fraction of sp³-hybridized carbons (Fsp3) is 0.533. The molecule has 0 bridgehead atoms. The van der Waals surface area contributed by atoms with Crippen molar-refractivity contribution in [3.63, 3.8) is 0 Å². The van der Waals surface area contributed by atoms with Crippen LogP contribution in [0.3, 0.4) is 0 Å². The molecule has 2 aliphatic heterocycles. The first-order valence-corrected chi connectivity index (χ1v) is 8.47. The average molecular weight is 308 g/mol. The molecule has 0 saturated carbocycles. The van der Waals surface area contributed by atoms with Crippen LogP contribution in [-0.4, -0.2) is 43.2 Å². The lowest BCUT2D eigenvalue weighted by Crippen LogP contribution is -2.38. The summed E-state index contributed by atoms with van der Waals surface area (Å²) < 4.78 is 11.0. The zero-order chi connectivity index (χ0) is 14.5. The molecule has 1 fully saturated rings. The second-order valence-electron chi connectivity index (χ2n) is 5.17. The van der Waals surface area contributed by atoms with Gasteiger partial charge < -0.3 is 20.1 Å². The number of benzene rings is 1. The number of hydrogen-bond acceptors (Lipinski definition) is 5. The molecule has 3 rings (SSSR count). The Labute approximate surface area is 128 Å².